The van der Waals surface area contributed by atoms with Gasteiger partial charge in [0.25, 0.3) is 5.91 Å². The molecule has 0 saturated carbocycles. The minimum Gasteiger partial charge on any atom is -0.483 e. The standard InChI is InChI=1S/C14H22N2O2/c1-5-16(6-2)14(17)9-18-13-8-10(3)12(15)7-11(13)4/h7-8H,5-6,9,15H2,1-4H3. The molecule has 0 radical (unpaired) electrons. The van der Waals surface area contributed by atoms with E-state index in [1.165, 1.54) is 0 Å². The molecule has 0 aliphatic rings. The highest BCUT2D eigenvalue weighted by molar-refractivity contribution is 5.77. The number of ether oxygens (including phenoxy) is 1. The van der Waals surface area contributed by atoms with Crippen molar-refractivity contribution < 1.29 is 9.53 Å². The molecular weight excluding hydrogens is 228 g/mol. The Morgan fingerprint density at radius 3 is 2.39 bits per heavy atom. The zero-order valence-electron chi connectivity index (χ0n) is 11.6. The minimum absolute atomic E-state index is 0.00822. The fraction of sp³-hybridized carbons (Fsp3) is 0.500. The first-order valence-electron chi connectivity index (χ1n) is 6.26. The Balaban J connectivity index is 2.69. The SMILES string of the molecule is CCN(CC)C(=O)COc1cc(C)c(N)cc1C. The first-order valence-corrected chi connectivity index (χ1v) is 6.26. The van der Waals surface area contributed by atoms with Crippen LogP contribution in [0.2, 0.25) is 0 Å². The summed E-state index contributed by atoms with van der Waals surface area (Å²) in [7, 11) is 0. The van der Waals surface area contributed by atoms with Gasteiger partial charge in [-0.3, -0.25) is 4.79 Å². The third-order valence-electron chi connectivity index (χ3n) is 3.03. The maximum atomic E-state index is 11.8. The van der Waals surface area contributed by atoms with Gasteiger partial charge in [0, 0.05) is 18.8 Å². The average molecular weight is 250 g/mol. The highest BCUT2D eigenvalue weighted by Gasteiger charge is 2.11. The van der Waals surface area contributed by atoms with Crippen LogP contribution in [0.5, 0.6) is 5.75 Å². The van der Waals surface area contributed by atoms with Gasteiger partial charge in [0.1, 0.15) is 5.75 Å². The van der Waals surface area contributed by atoms with E-state index in [2.05, 4.69) is 0 Å². The van der Waals surface area contributed by atoms with E-state index in [0.717, 1.165) is 22.6 Å². The molecule has 1 aromatic carbocycles. The number of anilines is 1. The van der Waals surface area contributed by atoms with Crippen LogP contribution in [-0.2, 0) is 4.79 Å². The summed E-state index contributed by atoms with van der Waals surface area (Å²) in [6, 6.07) is 3.74. The molecule has 0 atom stereocenters. The number of carbonyl (C=O) groups is 1. The van der Waals surface area contributed by atoms with Gasteiger partial charge in [-0.1, -0.05) is 0 Å². The number of hydrogen-bond acceptors (Lipinski definition) is 3. The second kappa shape index (κ2) is 6.28. The third-order valence-corrected chi connectivity index (χ3v) is 3.03. The number of nitrogens with two attached hydrogens (primary N) is 1. The molecule has 1 rings (SSSR count). The summed E-state index contributed by atoms with van der Waals surface area (Å²) >= 11 is 0. The molecule has 0 saturated heterocycles. The number of benzene rings is 1. The van der Waals surface area contributed by atoms with E-state index in [1.54, 1.807) is 4.90 Å². The van der Waals surface area contributed by atoms with Gasteiger partial charge >= 0.3 is 0 Å². The Bertz CT molecular complexity index is 426. The lowest BCUT2D eigenvalue weighted by atomic mass is 10.1. The molecule has 0 fully saturated rings. The Morgan fingerprint density at radius 1 is 1.22 bits per heavy atom. The van der Waals surface area contributed by atoms with Gasteiger partial charge in [0.2, 0.25) is 0 Å². The molecule has 100 valence electrons. The van der Waals surface area contributed by atoms with Crippen LogP contribution in [0.25, 0.3) is 0 Å². The van der Waals surface area contributed by atoms with E-state index in [1.807, 2.05) is 39.8 Å². The lowest BCUT2D eigenvalue weighted by Crippen LogP contribution is -2.34. The molecule has 0 unspecified atom stereocenters. The Labute approximate surface area is 109 Å². The molecular formula is C14H22N2O2. The van der Waals surface area contributed by atoms with Crippen molar-refractivity contribution >= 4 is 11.6 Å². The van der Waals surface area contributed by atoms with E-state index >= 15 is 0 Å². The van der Waals surface area contributed by atoms with Crippen molar-refractivity contribution in [2.24, 2.45) is 0 Å². The molecule has 0 spiro atoms. The van der Waals surface area contributed by atoms with Crippen LogP contribution in [-0.4, -0.2) is 30.5 Å². The van der Waals surface area contributed by atoms with Crippen LogP contribution in [0, 0.1) is 13.8 Å². The molecule has 1 aromatic rings. The lowest BCUT2D eigenvalue weighted by Gasteiger charge is -2.19. The second-order valence-electron chi connectivity index (χ2n) is 4.33. The molecule has 4 heteroatoms. The lowest BCUT2D eigenvalue weighted by molar-refractivity contribution is -0.132. The van der Waals surface area contributed by atoms with E-state index in [0.29, 0.717) is 13.1 Å². The van der Waals surface area contributed by atoms with E-state index < -0.39 is 0 Å². The van der Waals surface area contributed by atoms with Gasteiger partial charge in [-0.25, -0.2) is 0 Å². The number of likely N-dealkylation sites (N-methyl/N-ethyl adjacent to an activating group) is 1. The van der Waals surface area contributed by atoms with Crippen LogP contribution >= 0.6 is 0 Å². The molecule has 0 aromatic heterocycles. The van der Waals surface area contributed by atoms with E-state index in [9.17, 15) is 4.79 Å². The topological polar surface area (TPSA) is 55.6 Å². The second-order valence-corrected chi connectivity index (χ2v) is 4.33. The Morgan fingerprint density at radius 2 is 1.83 bits per heavy atom. The summed E-state index contributed by atoms with van der Waals surface area (Å²) in [4.78, 5) is 13.6. The molecule has 0 bridgehead atoms. The number of aryl methyl sites for hydroxylation is 2. The van der Waals surface area contributed by atoms with Gasteiger partial charge in [-0.15, -0.1) is 0 Å². The number of rotatable bonds is 5. The highest BCUT2D eigenvalue weighted by Crippen LogP contribution is 2.24. The zero-order valence-corrected chi connectivity index (χ0v) is 11.6. The third kappa shape index (κ3) is 3.39. The van der Waals surface area contributed by atoms with Crippen LogP contribution in [0.1, 0.15) is 25.0 Å². The first kappa shape index (κ1) is 14.4. The number of hydrogen-bond donors (Lipinski definition) is 1. The monoisotopic (exact) mass is 250 g/mol. The molecule has 0 heterocycles. The predicted molar refractivity (Wildman–Crippen MR) is 73.8 cm³/mol. The van der Waals surface area contributed by atoms with Crippen LogP contribution < -0.4 is 10.5 Å². The average Bonchev–Trinajstić information content (AvgIpc) is 2.33. The molecule has 1 amide bonds. The summed E-state index contributed by atoms with van der Waals surface area (Å²) in [6.45, 7) is 9.25. The van der Waals surface area contributed by atoms with Gasteiger partial charge in [-0.05, 0) is 51.0 Å². The number of amides is 1. The predicted octanol–water partition coefficient (Wildman–Crippen LogP) is 2.13. The zero-order chi connectivity index (χ0) is 13.7. The fourth-order valence-electron chi connectivity index (χ4n) is 1.77. The van der Waals surface area contributed by atoms with Crippen LogP contribution in [0.15, 0.2) is 12.1 Å². The molecule has 18 heavy (non-hydrogen) atoms. The number of nitrogen functional groups attached to an aromatic ring is 1. The van der Waals surface area contributed by atoms with Crippen molar-refractivity contribution in [3.8, 4) is 5.75 Å². The summed E-state index contributed by atoms with van der Waals surface area (Å²) in [5, 5.41) is 0. The quantitative estimate of drug-likeness (QED) is 0.814. The summed E-state index contributed by atoms with van der Waals surface area (Å²) < 4.78 is 5.57. The normalized spacial score (nSPS) is 10.2. The van der Waals surface area contributed by atoms with Crippen molar-refractivity contribution in [3.63, 3.8) is 0 Å². The minimum atomic E-state index is 0.00822. The molecule has 2 N–H and O–H groups in total. The van der Waals surface area contributed by atoms with E-state index in [-0.39, 0.29) is 12.5 Å². The Hall–Kier alpha value is -1.71. The van der Waals surface area contributed by atoms with Crippen LogP contribution in [0.3, 0.4) is 0 Å². The summed E-state index contributed by atoms with van der Waals surface area (Å²) in [5.41, 5.74) is 8.46. The van der Waals surface area contributed by atoms with Gasteiger partial charge in [0.05, 0.1) is 0 Å². The van der Waals surface area contributed by atoms with Gasteiger partial charge < -0.3 is 15.4 Å². The highest BCUT2D eigenvalue weighted by atomic mass is 16.5. The van der Waals surface area contributed by atoms with Crippen molar-refractivity contribution in [3.05, 3.63) is 23.3 Å². The van der Waals surface area contributed by atoms with Crippen molar-refractivity contribution in [2.75, 3.05) is 25.4 Å². The maximum absolute atomic E-state index is 11.8. The van der Waals surface area contributed by atoms with Gasteiger partial charge in [0.15, 0.2) is 6.61 Å². The van der Waals surface area contributed by atoms with Crippen LogP contribution in [0.4, 0.5) is 5.69 Å². The van der Waals surface area contributed by atoms with Crippen molar-refractivity contribution in [1.82, 2.24) is 4.90 Å². The summed E-state index contributed by atoms with van der Waals surface area (Å²) in [6.07, 6.45) is 0. The Kier molecular flexibility index (Phi) is 5.01. The largest absolute Gasteiger partial charge is 0.483 e. The molecule has 4 nitrogen and oxygen atoms in total. The van der Waals surface area contributed by atoms with E-state index in [4.69, 9.17) is 10.5 Å². The summed E-state index contributed by atoms with van der Waals surface area (Å²) in [5.74, 6) is 0.732. The van der Waals surface area contributed by atoms with Gasteiger partial charge in [-0.2, -0.15) is 0 Å². The first-order chi connectivity index (χ1) is 8.49. The maximum Gasteiger partial charge on any atom is 0.260 e. The fourth-order valence-corrected chi connectivity index (χ4v) is 1.77. The van der Waals surface area contributed by atoms with Crippen molar-refractivity contribution in [2.45, 2.75) is 27.7 Å². The molecule has 0 aliphatic carbocycles. The smallest absolute Gasteiger partial charge is 0.260 e. The number of carbonyl (C=O) groups excluding carboxylic acids is 1. The number of nitrogens with zero attached hydrogens (tertiary/aromatic N) is 1. The van der Waals surface area contributed by atoms with Crippen molar-refractivity contribution in [1.29, 1.82) is 0 Å². The molecule has 0 aliphatic heterocycles.